The molecule has 0 bridgehead atoms. The van der Waals surface area contributed by atoms with Crippen LogP contribution in [0.5, 0.6) is 0 Å². The molecule has 212 valence electrons. The van der Waals surface area contributed by atoms with Gasteiger partial charge < -0.3 is 46.5 Å². The fraction of sp³-hybridized carbons (Fsp3) is 0.808. The molecule has 0 aliphatic carbocycles. The Morgan fingerprint density at radius 2 is 1.56 bits per heavy atom. The zero-order valence-corrected chi connectivity index (χ0v) is 27.2. The molecule has 4 unspecified atom stereocenters. The molecule has 0 rings (SSSR count). The Morgan fingerprint density at radius 3 is 1.94 bits per heavy atom. The molecule has 36 heavy (non-hydrogen) atoms. The number of aliphatic hydroxyl groups excluding tert-OH is 1. The molecule has 0 spiro atoms. The van der Waals surface area contributed by atoms with Crippen molar-refractivity contribution in [2.75, 3.05) is 61.4 Å². The Bertz CT molecular complexity index is 661. The number of aliphatic carboxylic acids is 1. The number of rotatable bonds is 17. The van der Waals surface area contributed by atoms with E-state index >= 15 is 0 Å². The molecule has 0 heterocycles. The number of carboxylic acid groups (broad SMARTS) is 1. The molecule has 0 radical (unpaired) electrons. The van der Waals surface area contributed by atoms with Gasteiger partial charge in [-0.2, -0.15) is 0 Å². The van der Waals surface area contributed by atoms with E-state index in [0.717, 1.165) is 13.0 Å². The van der Waals surface area contributed by atoms with Crippen molar-refractivity contribution in [1.29, 1.82) is 0 Å². The summed E-state index contributed by atoms with van der Waals surface area (Å²) in [4.78, 5) is 36.4. The average molecular weight is 529 g/mol. The van der Waals surface area contributed by atoms with Crippen molar-refractivity contribution in [2.45, 2.75) is 59.0 Å². The third-order valence-electron chi connectivity index (χ3n) is 6.53. The number of nitrogens with one attached hydrogen (secondary N) is 1. The summed E-state index contributed by atoms with van der Waals surface area (Å²) in [6.07, 6.45) is 1.62. The minimum Gasteiger partial charge on any atom is -1.00 e. The Labute approximate surface area is 245 Å². The predicted molar refractivity (Wildman–Crippen MR) is 144 cm³/mol. The first-order chi connectivity index (χ1) is 15.0. The van der Waals surface area contributed by atoms with Crippen LogP contribution in [0.4, 0.5) is 0 Å². The fourth-order valence-electron chi connectivity index (χ4n) is 4.31. The summed E-state index contributed by atoms with van der Waals surface area (Å²) in [5.74, 6) is -3.00. The zero-order valence-electron chi connectivity index (χ0n) is 26.2. The number of nitrogens with zero attached hydrogens (tertiary/aromatic N) is 2. The number of amides is 2. The van der Waals surface area contributed by atoms with E-state index in [9.17, 15) is 24.6 Å². The van der Waals surface area contributed by atoms with Crippen molar-refractivity contribution in [3.8, 4) is 0 Å². The molecule has 0 saturated heterocycles. The summed E-state index contributed by atoms with van der Waals surface area (Å²) < 4.78 is 1.34. The van der Waals surface area contributed by atoms with Gasteiger partial charge in [-0.3, -0.25) is 14.4 Å². The summed E-state index contributed by atoms with van der Waals surface area (Å²) >= 11 is 0. The number of aliphatic hydroxyl groups is 1. The first-order valence-electron chi connectivity index (χ1n) is 12.1. The van der Waals surface area contributed by atoms with Gasteiger partial charge in [-0.05, 0) is 25.7 Å². The fourth-order valence-corrected chi connectivity index (χ4v) is 4.31. The van der Waals surface area contributed by atoms with Gasteiger partial charge in [0, 0.05) is 24.3 Å². The molecule has 0 saturated carbocycles. The second kappa shape index (κ2) is 18.5. The minimum absolute atomic E-state index is 0. The first kappa shape index (κ1) is 42.4. The third-order valence-corrected chi connectivity index (χ3v) is 6.53. The smallest absolute Gasteiger partial charge is 1.00 e. The van der Waals surface area contributed by atoms with E-state index in [1.807, 2.05) is 6.92 Å². The van der Waals surface area contributed by atoms with E-state index in [2.05, 4.69) is 40.6 Å². The number of likely N-dealkylation sites (N-methyl/N-ethyl adjacent to an activating group) is 2. The van der Waals surface area contributed by atoms with Crippen LogP contribution in [0.1, 0.15) is 54.3 Å². The van der Waals surface area contributed by atoms with Gasteiger partial charge in [-0.1, -0.05) is 20.8 Å². The second-order valence-electron chi connectivity index (χ2n) is 11.5. The van der Waals surface area contributed by atoms with E-state index in [0.29, 0.717) is 41.4 Å². The van der Waals surface area contributed by atoms with Crippen LogP contribution in [0.15, 0.2) is 0 Å². The van der Waals surface area contributed by atoms with Gasteiger partial charge in [0.05, 0.1) is 47.7 Å². The van der Waals surface area contributed by atoms with Gasteiger partial charge >= 0.3 is 35.5 Å². The van der Waals surface area contributed by atoms with Crippen LogP contribution in [0.3, 0.4) is 0 Å². The molecular formula is C26H57N4NaO5. The molecule has 10 heteroatoms. The second-order valence-corrected chi connectivity index (χ2v) is 11.5. The maximum absolute atomic E-state index is 13.0. The van der Waals surface area contributed by atoms with Crippen molar-refractivity contribution in [2.24, 2.45) is 23.0 Å². The quantitative estimate of drug-likeness (QED) is 0.0838. The number of nitrogens with two attached hydrogens (primary N) is 1. The van der Waals surface area contributed by atoms with Crippen molar-refractivity contribution < 1.29 is 64.5 Å². The number of carbonyl (C=O) groups excluding carboxylic acids is 2. The molecule has 0 aromatic carbocycles. The van der Waals surface area contributed by atoms with Crippen molar-refractivity contribution >= 4 is 17.8 Å². The van der Waals surface area contributed by atoms with E-state index in [-0.39, 0.29) is 64.6 Å². The standard InChI is InChI=1S/C24H48N4O5.2CH3.Na.H/c1-9-18(21(25)30)14-19(22(31)32)15-24(3,10-2)23(33)26-12-11-13-28(7,8)17-20(29)16-27(4,5)6;;;;/h18-20,29H,9-17H2,1-8H3,(H2-2,25,26,30,31,32,33);2*1H3;;/q;2*-1;+1;-1/p+2. The normalized spacial score (nSPS) is 15.6. The molecule has 0 aromatic rings. The zero-order chi connectivity index (χ0) is 26.0. The predicted octanol–water partition coefficient (Wildman–Crippen LogP) is -0.938. The maximum Gasteiger partial charge on any atom is 1.00 e. The van der Waals surface area contributed by atoms with E-state index in [4.69, 9.17) is 5.73 Å². The Hall–Kier alpha value is -0.710. The Kier molecular flexibility index (Phi) is 21.8. The summed E-state index contributed by atoms with van der Waals surface area (Å²) in [5, 5.41) is 23.0. The van der Waals surface area contributed by atoms with Gasteiger partial charge in [0.1, 0.15) is 13.1 Å². The van der Waals surface area contributed by atoms with Gasteiger partial charge in [0.25, 0.3) is 0 Å². The molecule has 5 N–H and O–H groups in total. The molecule has 9 nitrogen and oxygen atoms in total. The third kappa shape index (κ3) is 16.9. The molecule has 0 aliphatic rings. The van der Waals surface area contributed by atoms with E-state index in [1.165, 1.54) is 0 Å². The monoisotopic (exact) mass is 528 g/mol. The average Bonchev–Trinajstić information content (AvgIpc) is 2.65. The maximum atomic E-state index is 13.0. The van der Waals surface area contributed by atoms with Crippen molar-refractivity contribution in [3.63, 3.8) is 0 Å². The number of primary amides is 1. The van der Waals surface area contributed by atoms with Gasteiger partial charge in [0.2, 0.25) is 11.8 Å². The van der Waals surface area contributed by atoms with Crippen molar-refractivity contribution in [1.82, 2.24) is 5.32 Å². The van der Waals surface area contributed by atoms with E-state index < -0.39 is 35.2 Å². The topological polar surface area (TPSA) is 130 Å². The Balaban J connectivity index is -0.000000853. The summed E-state index contributed by atoms with van der Waals surface area (Å²) in [5.41, 5.74) is 4.56. The molecule has 4 atom stereocenters. The molecule has 0 aliphatic heterocycles. The number of hydrogen-bond acceptors (Lipinski definition) is 4. The van der Waals surface area contributed by atoms with Crippen LogP contribution in [-0.4, -0.2) is 104 Å². The number of hydrogen-bond donors (Lipinski definition) is 4. The molecule has 0 fully saturated rings. The largest absolute Gasteiger partial charge is 1.00 e. The van der Waals surface area contributed by atoms with Crippen LogP contribution in [0, 0.1) is 32.1 Å². The minimum atomic E-state index is -1.01. The van der Waals surface area contributed by atoms with Crippen LogP contribution in [-0.2, 0) is 14.4 Å². The number of quaternary nitrogens is 2. The van der Waals surface area contributed by atoms with Gasteiger partial charge in [-0.25, -0.2) is 0 Å². The van der Waals surface area contributed by atoms with Crippen LogP contribution >= 0.6 is 0 Å². The molecule has 0 aromatic heterocycles. The van der Waals surface area contributed by atoms with Crippen LogP contribution < -0.4 is 40.6 Å². The van der Waals surface area contributed by atoms with Gasteiger partial charge in [-0.15, -0.1) is 0 Å². The SMILES string of the molecule is CCC(CC(CC(C)(CC)C(=O)NCCC[N+](C)(C)CC(O)C[N+](C)(C)C)C(=O)O)C(N)=O.[CH3-].[CH3-].[H-].[Na+]. The van der Waals surface area contributed by atoms with Crippen LogP contribution in [0.2, 0.25) is 0 Å². The number of carbonyl (C=O) groups is 3. The Morgan fingerprint density at radius 1 is 1.03 bits per heavy atom. The summed E-state index contributed by atoms with van der Waals surface area (Å²) in [6.45, 7) is 8.05. The number of carboxylic acids is 1. The molecular weight excluding hydrogens is 471 g/mol. The summed E-state index contributed by atoms with van der Waals surface area (Å²) in [6, 6.07) is 0. The first-order valence-corrected chi connectivity index (χ1v) is 12.1. The van der Waals surface area contributed by atoms with Gasteiger partial charge in [0.15, 0.2) is 6.10 Å². The van der Waals surface area contributed by atoms with E-state index in [1.54, 1.807) is 13.8 Å². The van der Waals surface area contributed by atoms with Crippen LogP contribution in [0.25, 0.3) is 0 Å². The molecule has 2 amide bonds. The summed E-state index contributed by atoms with van der Waals surface area (Å²) in [7, 11) is 10.3. The van der Waals surface area contributed by atoms with Crippen molar-refractivity contribution in [3.05, 3.63) is 14.9 Å².